The van der Waals surface area contributed by atoms with Gasteiger partial charge in [0.1, 0.15) is 12.2 Å². The molecule has 1 aliphatic heterocycles. The van der Waals surface area contributed by atoms with Crippen LogP contribution in [-0.4, -0.2) is 51.6 Å². The Morgan fingerprint density at radius 3 is 2.95 bits per heavy atom. The number of ether oxygens (including phenoxy) is 1. The molecule has 114 valence electrons. The topological polar surface area (TPSA) is 50.5 Å². The normalized spacial score (nSPS) is 22.4. The lowest BCUT2D eigenvalue weighted by atomic mass is 10.1. The minimum Gasteiger partial charge on any atom is -0.384 e. The molecule has 20 heavy (non-hydrogen) atoms. The van der Waals surface area contributed by atoms with Gasteiger partial charge >= 0.3 is 0 Å². The molecule has 1 fully saturated rings. The lowest BCUT2D eigenvalue weighted by Gasteiger charge is -2.37. The van der Waals surface area contributed by atoms with Crippen LogP contribution in [0.5, 0.6) is 0 Å². The zero-order chi connectivity index (χ0) is 14.7. The fourth-order valence-corrected chi connectivity index (χ4v) is 3.12. The maximum absolute atomic E-state index is 10.7. The number of rotatable bonds is 5. The quantitative estimate of drug-likeness (QED) is 0.888. The molecule has 5 nitrogen and oxygen atoms in total. The summed E-state index contributed by atoms with van der Waals surface area (Å²) < 4.78 is 8.50. The Morgan fingerprint density at radius 2 is 2.30 bits per heavy atom. The SMILES string of the molecule is CCCn1ncc(Br)c1C(O)C1CN(C(C)C)CCO1. The molecule has 0 saturated carbocycles. The maximum Gasteiger partial charge on any atom is 0.124 e. The second-order valence-electron chi connectivity index (χ2n) is 5.54. The highest BCUT2D eigenvalue weighted by Gasteiger charge is 2.32. The minimum absolute atomic E-state index is 0.199. The molecule has 0 bridgehead atoms. The Balaban J connectivity index is 2.14. The lowest BCUT2D eigenvalue weighted by molar-refractivity contribution is -0.0985. The first-order valence-corrected chi connectivity index (χ1v) is 8.08. The Hall–Kier alpha value is -0.430. The predicted molar refractivity (Wildman–Crippen MR) is 81.6 cm³/mol. The van der Waals surface area contributed by atoms with Crippen molar-refractivity contribution in [3.8, 4) is 0 Å². The van der Waals surface area contributed by atoms with Crippen molar-refractivity contribution >= 4 is 15.9 Å². The molecule has 2 unspecified atom stereocenters. The van der Waals surface area contributed by atoms with Crippen LogP contribution in [0.4, 0.5) is 0 Å². The van der Waals surface area contributed by atoms with Gasteiger partial charge in [0.15, 0.2) is 0 Å². The van der Waals surface area contributed by atoms with E-state index in [0.29, 0.717) is 12.6 Å². The van der Waals surface area contributed by atoms with Crippen LogP contribution in [0.15, 0.2) is 10.7 Å². The molecule has 0 spiro atoms. The van der Waals surface area contributed by atoms with Gasteiger partial charge in [-0.25, -0.2) is 0 Å². The van der Waals surface area contributed by atoms with Crippen LogP contribution in [0.2, 0.25) is 0 Å². The van der Waals surface area contributed by atoms with Crippen molar-refractivity contribution in [2.24, 2.45) is 0 Å². The molecule has 0 amide bonds. The fraction of sp³-hybridized carbons (Fsp3) is 0.786. The smallest absolute Gasteiger partial charge is 0.124 e. The van der Waals surface area contributed by atoms with Gasteiger partial charge in [-0.05, 0) is 36.2 Å². The van der Waals surface area contributed by atoms with E-state index in [9.17, 15) is 5.11 Å². The van der Waals surface area contributed by atoms with Crippen LogP contribution in [0, 0.1) is 0 Å². The predicted octanol–water partition coefficient (Wildman–Crippen LogP) is 2.20. The second kappa shape index (κ2) is 7.02. The Morgan fingerprint density at radius 1 is 1.55 bits per heavy atom. The van der Waals surface area contributed by atoms with Gasteiger partial charge in [-0.2, -0.15) is 5.10 Å². The van der Waals surface area contributed by atoms with Gasteiger partial charge in [0, 0.05) is 25.7 Å². The average Bonchev–Trinajstić information content (AvgIpc) is 2.79. The standard InChI is InChI=1S/C14H24BrN3O2/c1-4-5-18-13(11(15)8-16-18)14(19)12-9-17(10(2)3)6-7-20-12/h8,10,12,14,19H,4-7,9H2,1-3H3. The van der Waals surface area contributed by atoms with Crippen LogP contribution in [0.25, 0.3) is 0 Å². The van der Waals surface area contributed by atoms with Gasteiger partial charge in [0.05, 0.1) is 23.0 Å². The van der Waals surface area contributed by atoms with E-state index in [1.807, 2.05) is 4.68 Å². The highest BCUT2D eigenvalue weighted by molar-refractivity contribution is 9.10. The van der Waals surface area contributed by atoms with E-state index in [4.69, 9.17) is 4.74 Å². The highest BCUT2D eigenvalue weighted by atomic mass is 79.9. The molecule has 2 atom stereocenters. The van der Waals surface area contributed by atoms with Crippen LogP contribution >= 0.6 is 15.9 Å². The van der Waals surface area contributed by atoms with Crippen LogP contribution in [0.3, 0.4) is 0 Å². The van der Waals surface area contributed by atoms with Crippen molar-refractivity contribution in [2.75, 3.05) is 19.7 Å². The van der Waals surface area contributed by atoms with E-state index < -0.39 is 6.10 Å². The van der Waals surface area contributed by atoms with Crippen molar-refractivity contribution in [1.29, 1.82) is 0 Å². The number of aromatic nitrogens is 2. The monoisotopic (exact) mass is 345 g/mol. The summed E-state index contributed by atoms with van der Waals surface area (Å²) in [5.41, 5.74) is 0.822. The molecule has 1 aromatic heterocycles. The van der Waals surface area contributed by atoms with Crippen LogP contribution < -0.4 is 0 Å². The average molecular weight is 346 g/mol. The number of halogens is 1. The largest absolute Gasteiger partial charge is 0.384 e. The summed E-state index contributed by atoms with van der Waals surface area (Å²) in [7, 11) is 0. The third-order valence-corrected chi connectivity index (χ3v) is 4.37. The molecule has 1 N–H and O–H groups in total. The van der Waals surface area contributed by atoms with E-state index in [-0.39, 0.29) is 6.10 Å². The van der Waals surface area contributed by atoms with Gasteiger partial charge in [-0.15, -0.1) is 0 Å². The number of morpholine rings is 1. The number of hydrogen-bond donors (Lipinski definition) is 1. The van der Waals surface area contributed by atoms with E-state index in [1.54, 1.807) is 6.20 Å². The van der Waals surface area contributed by atoms with Gasteiger partial charge in [-0.1, -0.05) is 6.92 Å². The molecule has 0 aromatic carbocycles. The zero-order valence-electron chi connectivity index (χ0n) is 12.4. The minimum atomic E-state index is -0.653. The first-order valence-electron chi connectivity index (χ1n) is 7.29. The Kier molecular flexibility index (Phi) is 5.60. The lowest BCUT2D eigenvalue weighted by Crippen LogP contribution is -2.48. The Bertz CT molecular complexity index is 436. The first-order chi connectivity index (χ1) is 9.54. The number of aliphatic hydroxyl groups excluding tert-OH is 1. The molecule has 1 saturated heterocycles. The number of hydrogen-bond acceptors (Lipinski definition) is 4. The zero-order valence-corrected chi connectivity index (χ0v) is 14.0. The van der Waals surface area contributed by atoms with Gasteiger partial charge in [0.2, 0.25) is 0 Å². The molecule has 1 aromatic rings. The van der Waals surface area contributed by atoms with Crippen molar-refractivity contribution in [1.82, 2.24) is 14.7 Å². The summed E-state index contributed by atoms with van der Waals surface area (Å²) in [4.78, 5) is 2.34. The summed E-state index contributed by atoms with van der Waals surface area (Å²) in [6.07, 6.45) is 1.88. The number of aryl methyl sites for hydroxylation is 1. The fourth-order valence-electron chi connectivity index (χ4n) is 2.59. The first kappa shape index (κ1) is 15.9. The maximum atomic E-state index is 10.7. The molecular weight excluding hydrogens is 322 g/mol. The van der Waals surface area contributed by atoms with Gasteiger partial charge < -0.3 is 9.84 Å². The van der Waals surface area contributed by atoms with Crippen molar-refractivity contribution in [3.05, 3.63) is 16.4 Å². The summed E-state index contributed by atoms with van der Waals surface area (Å²) >= 11 is 3.49. The van der Waals surface area contributed by atoms with Gasteiger partial charge in [-0.3, -0.25) is 9.58 Å². The molecule has 0 aliphatic carbocycles. The molecule has 0 radical (unpaired) electrons. The Labute approximate surface area is 129 Å². The van der Waals surface area contributed by atoms with Gasteiger partial charge in [0.25, 0.3) is 0 Å². The van der Waals surface area contributed by atoms with E-state index in [1.165, 1.54) is 0 Å². The van der Waals surface area contributed by atoms with E-state index in [2.05, 4.69) is 46.7 Å². The number of nitrogens with zero attached hydrogens (tertiary/aromatic N) is 3. The van der Waals surface area contributed by atoms with Crippen molar-refractivity contribution in [2.45, 2.75) is 52.0 Å². The van der Waals surface area contributed by atoms with Crippen molar-refractivity contribution in [3.63, 3.8) is 0 Å². The molecule has 1 aliphatic rings. The summed E-state index contributed by atoms with van der Waals surface area (Å²) in [6, 6.07) is 0.470. The second-order valence-corrected chi connectivity index (χ2v) is 6.40. The van der Waals surface area contributed by atoms with Crippen LogP contribution in [0.1, 0.15) is 39.0 Å². The molecule has 6 heteroatoms. The summed E-state index contributed by atoms with van der Waals surface area (Å²) in [5.74, 6) is 0. The molecular formula is C14H24BrN3O2. The summed E-state index contributed by atoms with van der Waals surface area (Å²) in [5, 5.41) is 15.0. The highest BCUT2D eigenvalue weighted by Crippen LogP contribution is 2.29. The molecule has 2 heterocycles. The third kappa shape index (κ3) is 3.42. The van der Waals surface area contributed by atoms with Crippen molar-refractivity contribution < 1.29 is 9.84 Å². The van der Waals surface area contributed by atoms with E-state index in [0.717, 1.165) is 36.2 Å². The van der Waals surface area contributed by atoms with E-state index >= 15 is 0 Å². The van der Waals surface area contributed by atoms with Crippen LogP contribution in [-0.2, 0) is 11.3 Å². The molecule has 2 rings (SSSR count). The third-order valence-electron chi connectivity index (χ3n) is 3.76. The number of aliphatic hydroxyl groups is 1. The summed E-state index contributed by atoms with van der Waals surface area (Å²) in [6.45, 7) is 9.60.